The lowest BCUT2D eigenvalue weighted by Crippen LogP contribution is -2.35. The zero-order valence-electron chi connectivity index (χ0n) is 12.1. The Morgan fingerprint density at radius 3 is 2.50 bits per heavy atom. The van der Waals surface area contributed by atoms with Gasteiger partial charge in [-0.3, -0.25) is 0 Å². The normalized spacial score (nSPS) is 26.1. The van der Waals surface area contributed by atoms with E-state index in [-0.39, 0.29) is 24.3 Å². The Hall–Kier alpha value is -1.75. The third kappa shape index (κ3) is 3.42. The molecule has 1 aliphatic rings. The number of esters is 1. The third-order valence-corrected chi connectivity index (χ3v) is 3.39. The van der Waals surface area contributed by atoms with Crippen LogP contribution in [-0.4, -0.2) is 31.4 Å². The molecule has 0 radical (unpaired) electrons. The third-order valence-electron chi connectivity index (χ3n) is 3.39. The minimum Gasteiger partial charge on any atom is -0.495 e. The van der Waals surface area contributed by atoms with Crippen molar-refractivity contribution in [3.05, 3.63) is 23.8 Å². The van der Waals surface area contributed by atoms with E-state index in [1.807, 2.05) is 13.8 Å². The largest absolute Gasteiger partial charge is 0.495 e. The molecular formula is C15H21NO4. The average molecular weight is 279 g/mol. The lowest BCUT2D eigenvalue weighted by atomic mass is 10.0. The molecule has 0 aromatic heterocycles. The monoisotopic (exact) mass is 279 g/mol. The van der Waals surface area contributed by atoms with E-state index >= 15 is 0 Å². The highest BCUT2D eigenvalue weighted by Crippen LogP contribution is 2.25. The average Bonchev–Trinajstić information content (AvgIpc) is 2.37. The van der Waals surface area contributed by atoms with Gasteiger partial charge in [-0.05, 0) is 32.0 Å². The molecule has 2 atom stereocenters. The smallest absolute Gasteiger partial charge is 0.338 e. The van der Waals surface area contributed by atoms with Gasteiger partial charge in [0.05, 0.1) is 30.6 Å². The van der Waals surface area contributed by atoms with Gasteiger partial charge in [0.15, 0.2) is 0 Å². The van der Waals surface area contributed by atoms with E-state index in [0.29, 0.717) is 17.0 Å². The molecule has 2 unspecified atom stereocenters. The molecule has 0 aliphatic carbocycles. The fraction of sp³-hybridized carbons (Fsp3) is 0.533. The second-order valence-corrected chi connectivity index (χ2v) is 5.21. The molecule has 2 N–H and O–H groups in total. The second-order valence-electron chi connectivity index (χ2n) is 5.21. The van der Waals surface area contributed by atoms with Crippen molar-refractivity contribution in [3.8, 4) is 5.75 Å². The molecular weight excluding hydrogens is 258 g/mol. The van der Waals surface area contributed by atoms with Gasteiger partial charge in [-0.1, -0.05) is 0 Å². The molecule has 0 bridgehead atoms. The molecule has 0 spiro atoms. The van der Waals surface area contributed by atoms with Gasteiger partial charge in [-0.15, -0.1) is 0 Å². The Morgan fingerprint density at radius 1 is 1.30 bits per heavy atom. The number of rotatable bonds is 3. The molecule has 1 fully saturated rings. The van der Waals surface area contributed by atoms with Crippen LogP contribution in [0.4, 0.5) is 5.69 Å². The molecule has 1 aromatic carbocycles. The van der Waals surface area contributed by atoms with Crippen molar-refractivity contribution in [2.45, 2.75) is 45.0 Å². The number of carbonyl (C=O) groups is 1. The van der Waals surface area contributed by atoms with Gasteiger partial charge in [-0.2, -0.15) is 0 Å². The van der Waals surface area contributed by atoms with Crippen molar-refractivity contribution in [1.29, 1.82) is 0 Å². The van der Waals surface area contributed by atoms with E-state index in [1.165, 1.54) is 7.11 Å². The lowest BCUT2D eigenvalue weighted by Gasteiger charge is -2.31. The van der Waals surface area contributed by atoms with E-state index in [9.17, 15) is 4.79 Å². The van der Waals surface area contributed by atoms with Gasteiger partial charge in [0.2, 0.25) is 0 Å². The van der Waals surface area contributed by atoms with Crippen molar-refractivity contribution < 1.29 is 19.0 Å². The van der Waals surface area contributed by atoms with Crippen LogP contribution in [0.1, 0.15) is 37.0 Å². The number of carbonyl (C=O) groups excluding carboxylic acids is 1. The summed E-state index contributed by atoms with van der Waals surface area (Å²) in [4.78, 5) is 12.1. The number of hydrogen-bond donors (Lipinski definition) is 1. The fourth-order valence-electron chi connectivity index (χ4n) is 2.52. The number of hydrogen-bond acceptors (Lipinski definition) is 5. The van der Waals surface area contributed by atoms with Crippen LogP contribution in [0.2, 0.25) is 0 Å². The highest BCUT2D eigenvalue weighted by Gasteiger charge is 2.27. The summed E-state index contributed by atoms with van der Waals surface area (Å²) in [6.45, 7) is 3.98. The van der Waals surface area contributed by atoms with E-state index in [2.05, 4.69) is 0 Å². The summed E-state index contributed by atoms with van der Waals surface area (Å²) in [5, 5.41) is 0. The molecule has 5 nitrogen and oxygen atoms in total. The maximum Gasteiger partial charge on any atom is 0.338 e. The van der Waals surface area contributed by atoms with Crippen molar-refractivity contribution in [2.75, 3.05) is 12.8 Å². The number of ether oxygens (including phenoxy) is 3. The summed E-state index contributed by atoms with van der Waals surface area (Å²) in [6.07, 6.45) is 1.56. The lowest BCUT2D eigenvalue weighted by molar-refractivity contribution is -0.0855. The van der Waals surface area contributed by atoms with Gasteiger partial charge >= 0.3 is 5.97 Å². The number of anilines is 1. The highest BCUT2D eigenvalue weighted by atomic mass is 16.6. The Kier molecular flexibility index (Phi) is 4.49. The molecule has 1 aliphatic heterocycles. The molecule has 20 heavy (non-hydrogen) atoms. The molecule has 2 rings (SSSR count). The zero-order valence-corrected chi connectivity index (χ0v) is 12.1. The van der Waals surface area contributed by atoms with Crippen molar-refractivity contribution in [1.82, 2.24) is 0 Å². The predicted molar refractivity (Wildman–Crippen MR) is 75.9 cm³/mol. The van der Waals surface area contributed by atoms with Crippen LogP contribution >= 0.6 is 0 Å². The number of methoxy groups -OCH3 is 1. The minimum atomic E-state index is -0.356. The fourth-order valence-corrected chi connectivity index (χ4v) is 2.52. The maximum atomic E-state index is 12.1. The van der Waals surface area contributed by atoms with Gasteiger partial charge in [-0.25, -0.2) is 4.79 Å². The number of nitrogen functional groups attached to an aromatic ring is 1. The SMILES string of the molecule is COc1ccc(C(=O)OC2CC(C)OC(C)C2)cc1N. The Morgan fingerprint density at radius 2 is 1.95 bits per heavy atom. The quantitative estimate of drug-likeness (QED) is 0.679. The molecule has 110 valence electrons. The van der Waals surface area contributed by atoms with Crippen LogP contribution in [0.5, 0.6) is 5.75 Å². The second kappa shape index (κ2) is 6.13. The summed E-state index contributed by atoms with van der Waals surface area (Å²) < 4.78 is 16.2. The van der Waals surface area contributed by atoms with Crippen molar-refractivity contribution >= 4 is 11.7 Å². The van der Waals surface area contributed by atoms with Crippen LogP contribution in [-0.2, 0) is 9.47 Å². The van der Waals surface area contributed by atoms with Gasteiger partial charge in [0.25, 0.3) is 0 Å². The summed E-state index contributed by atoms with van der Waals surface area (Å²) >= 11 is 0. The standard InChI is InChI=1S/C15H21NO4/c1-9-6-12(7-10(2)19-9)20-15(17)11-4-5-14(18-3)13(16)8-11/h4-5,8-10,12H,6-7,16H2,1-3H3. The molecule has 5 heteroatoms. The van der Waals surface area contributed by atoms with E-state index in [0.717, 1.165) is 12.8 Å². The molecule has 1 aromatic rings. The Labute approximate surface area is 119 Å². The Bertz CT molecular complexity index is 479. The summed E-state index contributed by atoms with van der Waals surface area (Å²) in [5.41, 5.74) is 6.66. The van der Waals surface area contributed by atoms with Crippen LogP contribution in [0.15, 0.2) is 18.2 Å². The van der Waals surface area contributed by atoms with E-state index in [1.54, 1.807) is 18.2 Å². The molecule has 1 heterocycles. The van der Waals surface area contributed by atoms with Crippen LogP contribution < -0.4 is 10.5 Å². The first-order chi connectivity index (χ1) is 9.49. The number of nitrogens with two attached hydrogens (primary N) is 1. The van der Waals surface area contributed by atoms with E-state index in [4.69, 9.17) is 19.9 Å². The first-order valence-electron chi connectivity index (χ1n) is 6.79. The summed E-state index contributed by atoms with van der Waals surface area (Å²) in [5.74, 6) is 0.195. The van der Waals surface area contributed by atoms with Crippen LogP contribution in [0.3, 0.4) is 0 Å². The summed E-state index contributed by atoms with van der Waals surface area (Å²) in [7, 11) is 1.54. The summed E-state index contributed by atoms with van der Waals surface area (Å²) in [6, 6.07) is 4.90. The van der Waals surface area contributed by atoms with Gasteiger partial charge in [0, 0.05) is 12.8 Å². The van der Waals surface area contributed by atoms with Crippen molar-refractivity contribution in [3.63, 3.8) is 0 Å². The molecule has 1 saturated heterocycles. The molecule has 0 amide bonds. The number of benzene rings is 1. The van der Waals surface area contributed by atoms with E-state index < -0.39 is 0 Å². The minimum absolute atomic E-state index is 0.107. The zero-order chi connectivity index (χ0) is 14.7. The van der Waals surface area contributed by atoms with Crippen molar-refractivity contribution in [2.24, 2.45) is 0 Å². The topological polar surface area (TPSA) is 70.8 Å². The first kappa shape index (κ1) is 14.7. The first-order valence-corrected chi connectivity index (χ1v) is 6.79. The molecule has 0 saturated carbocycles. The predicted octanol–water partition coefficient (Wildman–Crippen LogP) is 2.39. The van der Waals surface area contributed by atoms with Crippen LogP contribution in [0, 0.1) is 0 Å². The van der Waals surface area contributed by atoms with Crippen LogP contribution in [0.25, 0.3) is 0 Å². The van der Waals surface area contributed by atoms with Gasteiger partial charge < -0.3 is 19.9 Å². The van der Waals surface area contributed by atoms with Gasteiger partial charge in [0.1, 0.15) is 11.9 Å². The maximum absolute atomic E-state index is 12.1. The highest BCUT2D eigenvalue weighted by molar-refractivity contribution is 5.91. The Balaban J connectivity index is 2.02.